The summed E-state index contributed by atoms with van der Waals surface area (Å²) in [5.74, 6) is -0.0815. The number of rotatable bonds is 5. The van der Waals surface area contributed by atoms with Gasteiger partial charge in [-0.1, -0.05) is 12.1 Å². The minimum atomic E-state index is -0.518. The topological polar surface area (TPSA) is 84.6 Å². The number of para-hydroxylation sites is 1. The lowest BCUT2D eigenvalue weighted by molar-refractivity contribution is -0.385. The minimum Gasteiger partial charge on any atom is -0.470 e. The highest BCUT2D eigenvalue weighted by atomic mass is 19.1. The summed E-state index contributed by atoms with van der Waals surface area (Å²) < 4.78 is 19.4. The molecule has 9 heteroatoms. The first kappa shape index (κ1) is 17.8. The molecule has 26 heavy (non-hydrogen) atoms. The van der Waals surface area contributed by atoms with Gasteiger partial charge in [-0.15, -0.1) is 0 Å². The summed E-state index contributed by atoms with van der Waals surface area (Å²) in [6.07, 6.45) is 1.03. The van der Waals surface area contributed by atoms with Gasteiger partial charge in [-0.2, -0.15) is 4.98 Å². The molecule has 0 N–H and O–H groups in total. The Bertz CT molecular complexity index is 794. The average Bonchev–Trinajstić information content (AvgIpc) is 2.61. The van der Waals surface area contributed by atoms with Gasteiger partial charge >= 0.3 is 5.69 Å². The summed E-state index contributed by atoms with van der Waals surface area (Å²) in [5.41, 5.74) is 0.300. The molecular formula is C17H20FN5O3. The highest BCUT2D eigenvalue weighted by Crippen LogP contribution is 2.34. The number of hydrogen-bond acceptors (Lipinski definition) is 7. The number of ether oxygens (including phenoxy) is 1. The molecule has 0 radical (unpaired) electrons. The zero-order valence-electron chi connectivity index (χ0n) is 14.6. The van der Waals surface area contributed by atoms with Crippen molar-refractivity contribution in [2.75, 3.05) is 36.0 Å². The maximum Gasteiger partial charge on any atom is 0.372 e. The molecule has 1 fully saturated rings. The molecular weight excluding hydrogens is 341 g/mol. The lowest BCUT2D eigenvalue weighted by atomic mass is 10.2. The number of anilines is 2. The van der Waals surface area contributed by atoms with Crippen molar-refractivity contribution >= 4 is 17.2 Å². The second kappa shape index (κ2) is 7.51. The molecule has 1 saturated heterocycles. The van der Waals surface area contributed by atoms with Crippen molar-refractivity contribution < 1.29 is 14.1 Å². The fourth-order valence-corrected chi connectivity index (χ4v) is 2.92. The van der Waals surface area contributed by atoms with Crippen molar-refractivity contribution in [3.8, 4) is 5.88 Å². The van der Waals surface area contributed by atoms with E-state index in [9.17, 15) is 14.5 Å². The van der Waals surface area contributed by atoms with Gasteiger partial charge in [0.25, 0.3) is 5.88 Å². The smallest absolute Gasteiger partial charge is 0.372 e. The molecule has 8 nitrogen and oxygen atoms in total. The van der Waals surface area contributed by atoms with Gasteiger partial charge in [-0.3, -0.25) is 10.1 Å². The fourth-order valence-electron chi connectivity index (χ4n) is 2.92. The molecule has 2 heterocycles. The summed E-state index contributed by atoms with van der Waals surface area (Å²) in [4.78, 5) is 22.8. The Morgan fingerprint density at radius 1 is 1.15 bits per heavy atom. The number of benzene rings is 1. The van der Waals surface area contributed by atoms with Crippen LogP contribution in [-0.2, 0) is 0 Å². The summed E-state index contributed by atoms with van der Waals surface area (Å²) in [6, 6.07) is 6.59. The van der Waals surface area contributed by atoms with Gasteiger partial charge in [0.05, 0.1) is 16.7 Å². The molecule has 1 aromatic carbocycles. The molecule has 1 aliphatic rings. The highest BCUT2D eigenvalue weighted by molar-refractivity contribution is 5.63. The molecule has 1 aromatic heterocycles. The Kier molecular flexibility index (Phi) is 5.15. The molecule has 0 bridgehead atoms. The lowest BCUT2D eigenvalue weighted by Gasteiger charge is -2.36. The monoisotopic (exact) mass is 361 g/mol. The van der Waals surface area contributed by atoms with E-state index in [1.807, 2.05) is 9.80 Å². The van der Waals surface area contributed by atoms with E-state index in [-0.39, 0.29) is 29.3 Å². The van der Waals surface area contributed by atoms with E-state index < -0.39 is 4.92 Å². The van der Waals surface area contributed by atoms with Crippen LogP contribution < -0.4 is 14.5 Å². The van der Waals surface area contributed by atoms with Gasteiger partial charge in [-0.25, -0.2) is 9.37 Å². The summed E-state index contributed by atoms with van der Waals surface area (Å²) >= 11 is 0. The standard InChI is InChI=1S/C17H20FN5O3/c1-12(2)26-17-15(23(24)25)16(19-11-20-17)22-9-7-21(8-10-22)14-6-4-3-5-13(14)18/h3-6,11-12H,7-10H2,1-2H3. The van der Waals surface area contributed by atoms with Crippen molar-refractivity contribution in [3.05, 3.63) is 46.5 Å². The molecule has 3 rings (SSSR count). The van der Waals surface area contributed by atoms with E-state index in [2.05, 4.69) is 9.97 Å². The van der Waals surface area contributed by atoms with Crippen LogP contribution in [0.2, 0.25) is 0 Å². The Balaban J connectivity index is 1.81. The van der Waals surface area contributed by atoms with Crippen LogP contribution in [0.5, 0.6) is 5.88 Å². The van der Waals surface area contributed by atoms with Gasteiger partial charge in [0.2, 0.25) is 5.82 Å². The maximum atomic E-state index is 14.0. The van der Waals surface area contributed by atoms with Crippen molar-refractivity contribution in [1.29, 1.82) is 0 Å². The van der Waals surface area contributed by atoms with Crippen LogP contribution >= 0.6 is 0 Å². The molecule has 0 atom stereocenters. The molecule has 0 unspecified atom stereocenters. The normalized spacial score (nSPS) is 14.6. The van der Waals surface area contributed by atoms with Crippen LogP contribution in [0.4, 0.5) is 21.6 Å². The number of hydrogen-bond donors (Lipinski definition) is 0. The van der Waals surface area contributed by atoms with Crippen LogP contribution in [0.3, 0.4) is 0 Å². The first-order valence-electron chi connectivity index (χ1n) is 8.38. The second-order valence-electron chi connectivity index (χ2n) is 6.20. The zero-order valence-corrected chi connectivity index (χ0v) is 14.6. The van der Waals surface area contributed by atoms with Crippen LogP contribution in [-0.4, -0.2) is 47.2 Å². The summed E-state index contributed by atoms with van der Waals surface area (Å²) in [6.45, 7) is 5.57. The zero-order chi connectivity index (χ0) is 18.7. The van der Waals surface area contributed by atoms with Crippen molar-refractivity contribution in [2.24, 2.45) is 0 Å². The largest absolute Gasteiger partial charge is 0.470 e. The third-order valence-electron chi connectivity index (χ3n) is 4.07. The third kappa shape index (κ3) is 3.66. The predicted molar refractivity (Wildman–Crippen MR) is 95.3 cm³/mol. The number of halogens is 1. The predicted octanol–water partition coefficient (Wildman–Crippen LogP) is 2.64. The molecule has 138 valence electrons. The number of nitrogens with zero attached hydrogens (tertiary/aromatic N) is 5. The second-order valence-corrected chi connectivity index (χ2v) is 6.20. The quantitative estimate of drug-likeness (QED) is 0.598. The van der Waals surface area contributed by atoms with E-state index in [0.29, 0.717) is 31.9 Å². The first-order valence-corrected chi connectivity index (χ1v) is 8.38. The van der Waals surface area contributed by atoms with Crippen molar-refractivity contribution in [3.63, 3.8) is 0 Å². The SMILES string of the molecule is CC(C)Oc1ncnc(N2CCN(c3ccccc3F)CC2)c1[N+](=O)[O-]. The number of aromatic nitrogens is 2. The Labute approximate surface area is 150 Å². The van der Waals surface area contributed by atoms with Crippen LogP contribution in [0.15, 0.2) is 30.6 Å². The molecule has 0 saturated carbocycles. The van der Waals surface area contributed by atoms with Crippen molar-refractivity contribution in [2.45, 2.75) is 20.0 Å². The molecule has 0 amide bonds. The fraction of sp³-hybridized carbons (Fsp3) is 0.412. The van der Waals surface area contributed by atoms with Crippen LogP contribution in [0.25, 0.3) is 0 Å². The van der Waals surface area contributed by atoms with Gasteiger partial charge in [-0.05, 0) is 26.0 Å². The van der Waals surface area contributed by atoms with Crippen molar-refractivity contribution in [1.82, 2.24) is 9.97 Å². The Morgan fingerprint density at radius 3 is 2.42 bits per heavy atom. The molecule has 2 aromatic rings. The van der Waals surface area contributed by atoms with Gasteiger partial charge in [0, 0.05) is 26.2 Å². The Hall–Kier alpha value is -2.97. The van der Waals surface area contributed by atoms with Gasteiger partial charge in [0.1, 0.15) is 12.1 Å². The molecule has 0 spiro atoms. The van der Waals surface area contributed by atoms with Crippen LogP contribution in [0.1, 0.15) is 13.8 Å². The minimum absolute atomic E-state index is 0.0356. The summed E-state index contributed by atoms with van der Waals surface area (Å²) in [7, 11) is 0. The third-order valence-corrected chi connectivity index (χ3v) is 4.07. The molecule has 0 aliphatic carbocycles. The average molecular weight is 361 g/mol. The van der Waals surface area contributed by atoms with E-state index in [0.717, 1.165) is 0 Å². The molecule has 1 aliphatic heterocycles. The number of nitro groups is 1. The summed E-state index contributed by atoms with van der Waals surface area (Å²) in [5, 5.41) is 11.6. The van der Waals surface area contributed by atoms with Gasteiger partial charge in [0.15, 0.2) is 0 Å². The van der Waals surface area contributed by atoms with E-state index in [1.165, 1.54) is 12.4 Å². The van der Waals surface area contributed by atoms with E-state index in [4.69, 9.17) is 4.74 Å². The van der Waals surface area contributed by atoms with E-state index in [1.54, 1.807) is 32.0 Å². The van der Waals surface area contributed by atoms with Gasteiger partial charge < -0.3 is 14.5 Å². The lowest BCUT2D eigenvalue weighted by Crippen LogP contribution is -2.47. The van der Waals surface area contributed by atoms with E-state index >= 15 is 0 Å². The first-order chi connectivity index (χ1) is 12.5. The Morgan fingerprint density at radius 2 is 1.81 bits per heavy atom. The maximum absolute atomic E-state index is 14.0. The van der Waals surface area contributed by atoms with Crippen LogP contribution in [0, 0.1) is 15.9 Å². The highest BCUT2D eigenvalue weighted by Gasteiger charge is 2.31. The number of piperazine rings is 1.